The molecule has 26 heavy (non-hydrogen) atoms. The number of anilines is 1. The molecule has 4 nitrogen and oxygen atoms in total. The smallest absolute Gasteiger partial charge is 0.229 e. The van der Waals surface area contributed by atoms with Crippen LogP contribution in [0.15, 0.2) is 84.9 Å². The van der Waals surface area contributed by atoms with Crippen LogP contribution in [0.3, 0.4) is 0 Å². The summed E-state index contributed by atoms with van der Waals surface area (Å²) in [6, 6.07) is 27.6. The minimum Gasteiger partial charge on any atom is -0.309 e. The second-order valence-electron chi connectivity index (χ2n) is 6.08. The zero-order chi connectivity index (χ0) is 17.8. The molecule has 4 rings (SSSR count). The van der Waals surface area contributed by atoms with Crippen LogP contribution >= 0.6 is 0 Å². The first kappa shape index (κ1) is 16.0. The van der Waals surface area contributed by atoms with Gasteiger partial charge in [-0.2, -0.15) is 0 Å². The number of fused-ring (bicyclic) bond motifs is 1. The van der Waals surface area contributed by atoms with Crippen LogP contribution in [-0.4, -0.2) is 16.1 Å². The van der Waals surface area contributed by atoms with Crippen molar-refractivity contribution in [2.75, 3.05) is 5.32 Å². The van der Waals surface area contributed by atoms with Crippen LogP contribution in [0, 0.1) is 0 Å². The van der Waals surface area contributed by atoms with E-state index >= 15 is 0 Å². The summed E-state index contributed by atoms with van der Waals surface area (Å²) in [5.74, 6) is 0.345. The summed E-state index contributed by atoms with van der Waals surface area (Å²) in [5, 5.41) is 13.4. The lowest BCUT2D eigenvalue weighted by molar-refractivity contribution is -0.115. The van der Waals surface area contributed by atoms with Gasteiger partial charge in [-0.25, -0.2) is 0 Å². The van der Waals surface area contributed by atoms with Crippen molar-refractivity contribution in [2.45, 2.75) is 6.42 Å². The number of nitrogens with one attached hydrogen (secondary N) is 1. The predicted octanol–water partition coefficient (Wildman–Crippen LogP) is 4.48. The molecular weight excluding hydrogens is 322 g/mol. The standard InChI is InChI=1S/C22H17N3O/c26-22(15-16-10-11-17-6-4-5-9-19(17)14-16)23-21-13-12-20(24-25-21)18-7-2-1-3-8-18/h1-14H,15H2,(H,23,25,26). The molecule has 3 aromatic carbocycles. The van der Waals surface area contributed by atoms with Gasteiger partial charge in [0.1, 0.15) is 0 Å². The highest BCUT2D eigenvalue weighted by molar-refractivity contribution is 5.92. The molecular formula is C22H17N3O. The molecule has 0 saturated heterocycles. The monoisotopic (exact) mass is 339 g/mol. The Labute approximate surface area is 151 Å². The Balaban J connectivity index is 1.44. The van der Waals surface area contributed by atoms with Gasteiger partial charge in [0, 0.05) is 5.56 Å². The number of carbonyl (C=O) groups excluding carboxylic acids is 1. The normalized spacial score (nSPS) is 10.6. The Kier molecular flexibility index (Phi) is 4.39. The number of carbonyl (C=O) groups is 1. The topological polar surface area (TPSA) is 54.9 Å². The molecule has 0 spiro atoms. The van der Waals surface area contributed by atoms with Crippen molar-refractivity contribution in [1.82, 2.24) is 10.2 Å². The first-order valence-corrected chi connectivity index (χ1v) is 8.45. The Hall–Kier alpha value is -3.53. The quantitative estimate of drug-likeness (QED) is 0.596. The van der Waals surface area contributed by atoms with Gasteiger partial charge in [0.05, 0.1) is 12.1 Å². The van der Waals surface area contributed by atoms with Gasteiger partial charge in [0.2, 0.25) is 5.91 Å². The first-order chi connectivity index (χ1) is 12.8. The third kappa shape index (κ3) is 3.59. The fraction of sp³-hybridized carbons (Fsp3) is 0.0455. The number of rotatable bonds is 4. The number of aromatic nitrogens is 2. The van der Waals surface area contributed by atoms with E-state index in [9.17, 15) is 4.79 Å². The van der Waals surface area contributed by atoms with Crippen molar-refractivity contribution in [3.63, 3.8) is 0 Å². The molecule has 4 aromatic rings. The minimum atomic E-state index is -0.109. The number of benzene rings is 3. The van der Waals surface area contributed by atoms with Gasteiger partial charge in [-0.05, 0) is 28.5 Å². The van der Waals surface area contributed by atoms with Crippen LogP contribution in [0.2, 0.25) is 0 Å². The number of hydrogen-bond acceptors (Lipinski definition) is 3. The highest BCUT2D eigenvalue weighted by Crippen LogP contribution is 2.18. The summed E-state index contributed by atoms with van der Waals surface area (Å²) in [5.41, 5.74) is 2.74. The van der Waals surface area contributed by atoms with Gasteiger partial charge >= 0.3 is 0 Å². The Bertz CT molecular complexity index is 1040. The van der Waals surface area contributed by atoms with Gasteiger partial charge < -0.3 is 5.32 Å². The van der Waals surface area contributed by atoms with Crippen LogP contribution in [-0.2, 0) is 11.2 Å². The molecule has 1 amide bonds. The van der Waals surface area contributed by atoms with E-state index in [-0.39, 0.29) is 5.91 Å². The molecule has 126 valence electrons. The van der Waals surface area contributed by atoms with Crippen molar-refractivity contribution in [2.24, 2.45) is 0 Å². The lowest BCUT2D eigenvalue weighted by atomic mass is 10.0. The average molecular weight is 339 g/mol. The average Bonchev–Trinajstić information content (AvgIpc) is 2.69. The maximum atomic E-state index is 12.3. The van der Waals surface area contributed by atoms with E-state index < -0.39 is 0 Å². The highest BCUT2D eigenvalue weighted by Gasteiger charge is 2.07. The molecule has 0 atom stereocenters. The van der Waals surface area contributed by atoms with Gasteiger partial charge in [-0.15, -0.1) is 10.2 Å². The maximum absolute atomic E-state index is 12.3. The molecule has 1 aromatic heterocycles. The molecule has 0 radical (unpaired) electrons. The van der Waals surface area contributed by atoms with Gasteiger partial charge in [0.25, 0.3) is 0 Å². The predicted molar refractivity (Wildman–Crippen MR) is 104 cm³/mol. The number of nitrogens with zero attached hydrogens (tertiary/aromatic N) is 2. The van der Waals surface area contributed by atoms with E-state index in [0.717, 1.165) is 22.2 Å². The van der Waals surface area contributed by atoms with Crippen LogP contribution in [0.25, 0.3) is 22.0 Å². The van der Waals surface area contributed by atoms with E-state index in [1.165, 1.54) is 5.39 Å². The van der Waals surface area contributed by atoms with E-state index in [1.807, 2.05) is 72.8 Å². The molecule has 1 N–H and O–H groups in total. The largest absolute Gasteiger partial charge is 0.309 e. The number of hydrogen-bond donors (Lipinski definition) is 1. The molecule has 1 heterocycles. The second-order valence-corrected chi connectivity index (χ2v) is 6.08. The molecule has 0 aliphatic rings. The van der Waals surface area contributed by atoms with E-state index in [0.29, 0.717) is 12.2 Å². The molecule has 0 aliphatic heterocycles. The lowest BCUT2D eigenvalue weighted by Gasteiger charge is -2.06. The van der Waals surface area contributed by atoms with E-state index in [1.54, 1.807) is 6.07 Å². The van der Waals surface area contributed by atoms with Crippen molar-refractivity contribution < 1.29 is 4.79 Å². The van der Waals surface area contributed by atoms with Crippen molar-refractivity contribution in [3.8, 4) is 11.3 Å². The maximum Gasteiger partial charge on any atom is 0.229 e. The van der Waals surface area contributed by atoms with Gasteiger partial charge in [-0.3, -0.25) is 4.79 Å². The summed E-state index contributed by atoms with van der Waals surface area (Å²) in [6.45, 7) is 0. The van der Waals surface area contributed by atoms with Crippen LogP contribution in [0.5, 0.6) is 0 Å². The van der Waals surface area contributed by atoms with Gasteiger partial charge in [0.15, 0.2) is 5.82 Å². The lowest BCUT2D eigenvalue weighted by Crippen LogP contribution is -2.15. The third-order valence-corrected chi connectivity index (χ3v) is 4.18. The Morgan fingerprint density at radius 3 is 2.31 bits per heavy atom. The zero-order valence-electron chi connectivity index (χ0n) is 14.1. The van der Waals surface area contributed by atoms with Crippen LogP contribution in [0.1, 0.15) is 5.56 Å². The summed E-state index contributed by atoms with van der Waals surface area (Å²) >= 11 is 0. The summed E-state index contributed by atoms with van der Waals surface area (Å²) in [6.07, 6.45) is 0.299. The molecule has 0 fully saturated rings. The van der Waals surface area contributed by atoms with Crippen LogP contribution < -0.4 is 5.32 Å². The molecule has 0 bridgehead atoms. The van der Waals surface area contributed by atoms with E-state index in [4.69, 9.17) is 0 Å². The minimum absolute atomic E-state index is 0.109. The second kappa shape index (κ2) is 7.15. The van der Waals surface area contributed by atoms with Crippen LogP contribution in [0.4, 0.5) is 5.82 Å². The molecule has 0 aliphatic carbocycles. The van der Waals surface area contributed by atoms with E-state index in [2.05, 4.69) is 21.6 Å². The summed E-state index contributed by atoms with van der Waals surface area (Å²) < 4.78 is 0. The molecule has 0 saturated carbocycles. The van der Waals surface area contributed by atoms with Crippen molar-refractivity contribution in [1.29, 1.82) is 0 Å². The van der Waals surface area contributed by atoms with Crippen molar-refractivity contribution in [3.05, 3.63) is 90.5 Å². The fourth-order valence-electron chi connectivity index (χ4n) is 2.88. The SMILES string of the molecule is O=C(Cc1ccc2ccccc2c1)Nc1ccc(-c2ccccc2)nn1. The Morgan fingerprint density at radius 2 is 1.54 bits per heavy atom. The van der Waals surface area contributed by atoms with Crippen molar-refractivity contribution >= 4 is 22.5 Å². The molecule has 0 unspecified atom stereocenters. The summed E-state index contributed by atoms with van der Waals surface area (Å²) in [7, 11) is 0. The molecule has 4 heteroatoms. The number of amides is 1. The highest BCUT2D eigenvalue weighted by atomic mass is 16.1. The van der Waals surface area contributed by atoms with Gasteiger partial charge in [-0.1, -0.05) is 72.8 Å². The fourth-order valence-corrected chi connectivity index (χ4v) is 2.88. The zero-order valence-corrected chi connectivity index (χ0v) is 14.1. The Morgan fingerprint density at radius 1 is 0.769 bits per heavy atom. The first-order valence-electron chi connectivity index (χ1n) is 8.45. The summed E-state index contributed by atoms with van der Waals surface area (Å²) in [4.78, 5) is 12.3. The third-order valence-electron chi connectivity index (χ3n) is 4.18.